The van der Waals surface area contributed by atoms with E-state index in [1.807, 2.05) is 30.3 Å². The van der Waals surface area contributed by atoms with Gasteiger partial charge in [0.05, 0.1) is 11.0 Å². The molecule has 0 bridgehead atoms. The first-order chi connectivity index (χ1) is 13.1. The predicted molar refractivity (Wildman–Crippen MR) is 112 cm³/mol. The lowest BCUT2D eigenvalue weighted by molar-refractivity contribution is -0.122. The van der Waals surface area contributed by atoms with Crippen molar-refractivity contribution in [2.75, 3.05) is 5.32 Å². The zero-order valence-corrected chi connectivity index (χ0v) is 17.2. The molecule has 6 nitrogen and oxygen atoms in total. The van der Waals surface area contributed by atoms with Gasteiger partial charge in [-0.1, -0.05) is 32.9 Å². The number of benzene rings is 2. The van der Waals surface area contributed by atoms with Gasteiger partial charge in [-0.3, -0.25) is 13.9 Å². The van der Waals surface area contributed by atoms with E-state index in [4.69, 9.17) is 4.74 Å². The Labute approximate surface area is 164 Å². The van der Waals surface area contributed by atoms with E-state index < -0.39 is 6.10 Å². The Kier molecular flexibility index (Phi) is 5.06. The molecule has 0 fully saturated rings. The number of nitrogens with zero attached hydrogens (tertiary/aromatic N) is 2. The van der Waals surface area contributed by atoms with Crippen LogP contribution in [0.1, 0.15) is 33.3 Å². The summed E-state index contributed by atoms with van der Waals surface area (Å²) in [5.74, 6) is 0.400. The van der Waals surface area contributed by atoms with E-state index in [1.54, 1.807) is 42.3 Å². The Morgan fingerprint density at radius 3 is 2.21 bits per heavy atom. The van der Waals surface area contributed by atoms with E-state index in [0.717, 1.165) is 11.0 Å². The zero-order valence-electron chi connectivity index (χ0n) is 17.2. The average Bonchev–Trinajstić information content (AvgIpc) is 2.85. The number of aryl methyl sites for hydroxylation is 2. The maximum atomic E-state index is 12.5. The van der Waals surface area contributed by atoms with Crippen molar-refractivity contribution in [3.63, 3.8) is 0 Å². The normalized spacial score (nSPS) is 12.8. The first-order valence-electron chi connectivity index (χ1n) is 9.31. The number of ether oxygens (including phenoxy) is 1. The summed E-state index contributed by atoms with van der Waals surface area (Å²) in [6.45, 7) is 8.17. The molecule has 1 amide bonds. The predicted octanol–water partition coefficient (Wildman–Crippen LogP) is 3.58. The molecule has 2 aromatic carbocycles. The Morgan fingerprint density at radius 1 is 1.00 bits per heavy atom. The third kappa shape index (κ3) is 3.81. The van der Waals surface area contributed by atoms with E-state index in [1.165, 1.54) is 5.56 Å². The SMILES string of the molecule is C[C@@H](Oc1ccc(C(C)(C)C)cc1)C(=O)Nc1ccc2c(c1)n(C)c(=O)n2C. The number of aromatic nitrogens is 2. The van der Waals surface area contributed by atoms with Crippen LogP contribution >= 0.6 is 0 Å². The number of amides is 1. The van der Waals surface area contributed by atoms with Crippen molar-refractivity contribution in [2.24, 2.45) is 14.1 Å². The maximum Gasteiger partial charge on any atom is 0.328 e. The van der Waals surface area contributed by atoms with Gasteiger partial charge in [-0.15, -0.1) is 0 Å². The number of imidazole rings is 1. The number of hydrogen-bond acceptors (Lipinski definition) is 3. The summed E-state index contributed by atoms with van der Waals surface area (Å²) in [7, 11) is 3.44. The molecule has 1 heterocycles. The minimum Gasteiger partial charge on any atom is -0.481 e. The standard InChI is InChI=1S/C22H27N3O3/c1-14(28-17-10-7-15(8-11-17)22(2,3)4)20(26)23-16-9-12-18-19(13-16)25(6)21(27)24(18)5/h7-14H,1-6H3,(H,23,26)/t14-/m1/s1. The van der Waals surface area contributed by atoms with Crippen LogP contribution in [0, 0.1) is 0 Å². The van der Waals surface area contributed by atoms with Crippen molar-refractivity contribution in [2.45, 2.75) is 39.2 Å². The third-order valence-corrected chi connectivity index (χ3v) is 4.94. The number of nitrogens with one attached hydrogen (secondary N) is 1. The summed E-state index contributed by atoms with van der Waals surface area (Å²) < 4.78 is 8.91. The average molecular weight is 381 g/mol. The Hall–Kier alpha value is -3.02. The van der Waals surface area contributed by atoms with Crippen molar-refractivity contribution in [1.29, 1.82) is 0 Å². The highest BCUT2D eigenvalue weighted by Crippen LogP contribution is 2.25. The van der Waals surface area contributed by atoms with Gasteiger partial charge in [0.25, 0.3) is 5.91 Å². The van der Waals surface area contributed by atoms with E-state index in [9.17, 15) is 9.59 Å². The Morgan fingerprint density at radius 2 is 1.61 bits per heavy atom. The van der Waals surface area contributed by atoms with E-state index >= 15 is 0 Å². The van der Waals surface area contributed by atoms with Crippen LogP contribution in [0.4, 0.5) is 5.69 Å². The van der Waals surface area contributed by atoms with Crippen LogP contribution in [-0.2, 0) is 24.3 Å². The first-order valence-corrected chi connectivity index (χ1v) is 9.31. The molecule has 1 atom stereocenters. The topological polar surface area (TPSA) is 65.3 Å². The molecule has 28 heavy (non-hydrogen) atoms. The largest absolute Gasteiger partial charge is 0.481 e. The summed E-state index contributed by atoms with van der Waals surface area (Å²) in [6, 6.07) is 13.2. The number of carbonyl (C=O) groups excluding carboxylic acids is 1. The summed E-state index contributed by atoms with van der Waals surface area (Å²) in [6.07, 6.45) is -0.657. The fourth-order valence-corrected chi connectivity index (χ4v) is 3.12. The van der Waals surface area contributed by atoms with Gasteiger partial charge in [-0.25, -0.2) is 4.79 Å². The van der Waals surface area contributed by atoms with E-state index in [0.29, 0.717) is 11.4 Å². The highest BCUT2D eigenvalue weighted by molar-refractivity contribution is 5.95. The summed E-state index contributed by atoms with van der Waals surface area (Å²) in [5, 5.41) is 2.86. The summed E-state index contributed by atoms with van der Waals surface area (Å²) >= 11 is 0. The molecule has 0 unspecified atom stereocenters. The second kappa shape index (κ2) is 7.19. The van der Waals surface area contributed by atoms with Gasteiger partial charge >= 0.3 is 5.69 Å². The summed E-state index contributed by atoms with van der Waals surface area (Å²) in [4.78, 5) is 24.6. The Bertz CT molecular complexity index is 1070. The first kappa shape index (κ1) is 19.7. The summed E-state index contributed by atoms with van der Waals surface area (Å²) in [5.41, 5.74) is 3.37. The van der Waals surface area contributed by atoms with Crippen LogP contribution in [0.5, 0.6) is 5.75 Å². The smallest absolute Gasteiger partial charge is 0.328 e. The third-order valence-electron chi connectivity index (χ3n) is 4.94. The Balaban J connectivity index is 1.71. The van der Waals surface area contributed by atoms with Crippen LogP contribution in [0.2, 0.25) is 0 Å². The number of rotatable bonds is 4. The molecule has 1 N–H and O–H groups in total. The number of hydrogen-bond donors (Lipinski definition) is 1. The molecule has 0 saturated heterocycles. The molecular weight excluding hydrogens is 354 g/mol. The second-order valence-corrected chi connectivity index (χ2v) is 8.13. The number of fused-ring (bicyclic) bond motifs is 1. The van der Waals surface area contributed by atoms with Gasteiger partial charge in [0, 0.05) is 19.8 Å². The molecule has 0 aliphatic heterocycles. The lowest BCUT2D eigenvalue weighted by atomic mass is 9.87. The van der Waals surface area contributed by atoms with Crippen molar-refractivity contribution < 1.29 is 9.53 Å². The van der Waals surface area contributed by atoms with Crippen LogP contribution in [0.3, 0.4) is 0 Å². The molecule has 3 rings (SSSR count). The van der Waals surface area contributed by atoms with Gasteiger partial charge in [0.1, 0.15) is 5.75 Å². The van der Waals surface area contributed by atoms with Gasteiger partial charge < -0.3 is 10.1 Å². The molecule has 0 spiro atoms. The van der Waals surface area contributed by atoms with Gasteiger partial charge in [0.2, 0.25) is 0 Å². The molecule has 6 heteroatoms. The van der Waals surface area contributed by atoms with Gasteiger partial charge in [-0.2, -0.15) is 0 Å². The molecular formula is C22H27N3O3. The van der Waals surface area contributed by atoms with E-state index in [-0.39, 0.29) is 17.0 Å². The molecule has 0 aliphatic rings. The lowest BCUT2D eigenvalue weighted by Gasteiger charge is -2.20. The van der Waals surface area contributed by atoms with Crippen LogP contribution in [-0.4, -0.2) is 21.1 Å². The molecule has 3 aromatic rings. The second-order valence-electron chi connectivity index (χ2n) is 8.13. The van der Waals surface area contributed by atoms with Gasteiger partial charge in [0.15, 0.2) is 6.10 Å². The minimum absolute atomic E-state index is 0.0672. The quantitative estimate of drug-likeness (QED) is 0.751. The van der Waals surface area contributed by atoms with Crippen molar-refractivity contribution >= 4 is 22.6 Å². The molecule has 1 aromatic heterocycles. The molecule has 0 aliphatic carbocycles. The van der Waals surface area contributed by atoms with Crippen LogP contribution in [0.15, 0.2) is 47.3 Å². The minimum atomic E-state index is -0.657. The zero-order chi connectivity index (χ0) is 20.6. The monoisotopic (exact) mass is 381 g/mol. The fraction of sp³-hybridized carbons (Fsp3) is 0.364. The van der Waals surface area contributed by atoms with Crippen LogP contribution in [0.25, 0.3) is 11.0 Å². The molecule has 148 valence electrons. The van der Waals surface area contributed by atoms with Crippen molar-refractivity contribution in [3.8, 4) is 5.75 Å². The fourth-order valence-electron chi connectivity index (χ4n) is 3.12. The van der Waals surface area contributed by atoms with Crippen molar-refractivity contribution in [1.82, 2.24) is 9.13 Å². The number of anilines is 1. The highest BCUT2D eigenvalue weighted by atomic mass is 16.5. The van der Waals surface area contributed by atoms with Gasteiger partial charge in [-0.05, 0) is 48.2 Å². The van der Waals surface area contributed by atoms with E-state index in [2.05, 4.69) is 26.1 Å². The lowest BCUT2D eigenvalue weighted by Crippen LogP contribution is -2.30. The molecule has 0 radical (unpaired) electrons. The highest BCUT2D eigenvalue weighted by Gasteiger charge is 2.17. The number of carbonyl (C=O) groups is 1. The van der Waals surface area contributed by atoms with Crippen LogP contribution < -0.4 is 15.7 Å². The molecule has 0 saturated carbocycles. The maximum absolute atomic E-state index is 12.5. The van der Waals surface area contributed by atoms with Crippen molar-refractivity contribution in [3.05, 3.63) is 58.5 Å².